The van der Waals surface area contributed by atoms with Gasteiger partial charge in [-0.05, 0) is 31.4 Å². The highest BCUT2D eigenvalue weighted by Crippen LogP contribution is 2.35. The Hall–Kier alpha value is -0.970. The van der Waals surface area contributed by atoms with Gasteiger partial charge in [-0.2, -0.15) is 0 Å². The highest BCUT2D eigenvalue weighted by Gasteiger charge is 2.17. The first-order chi connectivity index (χ1) is 9.06. The Bertz CT molecular complexity index is 473. The fourth-order valence-electron chi connectivity index (χ4n) is 2.04. The average Bonchev–Trinajstić information content (AvgIpc) is 2.86. The molecule has 1 aromatic rings. The maximum absolute atomic E-state index is 11.8. The van der Waals surface area contributed by atoms with Gasteiger partial charge in [0.25, 0.3) is 0 Å². The van der Waals surface area contributed by atoms with Gasteiger partial charge in [0.2, 0.25) is 5.91 Å². The van der Waals surface area contributed by atoms with Crippen molar-refractivity contribution in [3.05, 3.63) is 22.2 Å². The number of ether oxygens (including phenoxy) is 1. The Labute approximate surface area is 121 Å². The van der Waals surface area contributed by atoms with E-state index >= 15 is 0 Å². The fraction of sp³-hybridized carbons (Fsp3) is 0.462. The van der Waals surface area contributed by atoms with Gasteiger partial charge in [-0.15, -0.1) is 0 Å². The SMILES string of the molecule is O=C(CCC1CCCO1)Nc1cc(Cl)cc(Cl)c1O. The Kier molecular flexibility index (Phi) is 4.91. The zero-order valence-corrected chi connectivity index (χ0v) is 11.8. The van der Waals surface area contributed by atoms with E-state index in [9.17, 15) is 9.90 Å². The molecule has 0 saturated carbocycles. The van der Waals surface area contributed by atoms with Gasteiger partial charge in [-0.25, -0.2) is 0 Å². The van der Waals surface area contributed by atoms with Crippen LogP contribution in [0.3, 0.4) is 0 Å². The molecule has 6 heteroatoms. The molecule has 104 valence electrons. The van der Waals surface area contributed by atoms with Crippen molar-refractivity contribution in [2.24, 2.45) is 0 Å². The van der Waals surface area contributed by atoms with Crippen LogP contribution in [-0.4, -0.2) is 23.7 Å². The third-order valence-corrected chi connectivity index (χ3v) is 3.53. The van der Waals surface area contributed by atoms with E-state index in [1.807, 2.05) is 0 Å². The zero-order chi connectivity index (χ0) is 13.8. The number of aromatic hydroxyl groups is 1. The van der Waals surface area contributed by atoms with Crippen molar-refractivity contribution in [2.45, 2.75) is 31.8 Å². The van der Waals surface area contributed by atoms with Crippen LogP contribution in [0, 0.1) is 0 Å². The molecule has 0 aromatic heterocycles. The lowest BCUT2D eigenvalue weighted by Crippen LogP contribution is -2.15. The maximum atomic E-state index is 11.8. The van der Waals surface area contributed by atoms with Crippen LogP contribution >= 0.6 is 23.2 Å². The van der Waals surface area contributed by atoms with Crippen LogP contribution in [0.25, 0.3) is 0 Å². The third kappa shape index (κ3) is 4.00. The molecule has 0 radical (unpaired) electrons. The Morgan fingerprint density at radius 1 is 1.47 bits per heavy atom. The molecule has 0 spiro atoms. The topological polar surface area (TPSA) is 58.6 Å². The van der Waals surface area contributed by atoms with E-state index in [0.717, 1.165) is 19.4 Å². The molecule has 0 bridgehead atoms. The summed E-state index contributed by atoms with van der Waals surface area (Å²) in [7, 11) is 0. The van der Waals surface area contributed by atoms with E-state index in [-0.39, 0.29) is 28.5 Å². The van der Waals surface area contributed by atoms with Crippen molar-refractivity contribution in [3.8, 4) is 5.75 Å². The summed E-state index contributed by atoms with van der Waals surface area (Å²) >= 11 is 11.6. The number of hydrogen-bond donors (Lipinski definition) is 2. The molecule has 1 aliphatic rings. The number of carbonyl (C=O) groups excluding carboxylic acids is 1. The third-order valence-electron chi connectivity index (χ3n) is 3.02. The number of halogens is 2. The first-order valence-electron chi connectivity index (χ1n) is 6.15. The summed E-state index contributed by atoms with van der Waals surface area (Å²) in [4.78, 5) is 11.8. The molecule has 1 atom stereocenters. The van der Waals surface area contributed by atoms with E-state index in [4.69, 9.17) is 27.9 Å². The molecule has 4 nitrogen and oxygen atoms in total. The lowest BCUT2D eigenvalue weighted by atomic mass is 10.1. The summed E-state index contributed by atoms with van der Waals surface area (Å²) in [6, 6.07) is 2.88. The van der Waals surface area contributed by atoms with Crippen molar-refractivity contribution in [1.82, 2.24) is 0 Å². The van der Waals surface area contributed by atoms with Gasteiger partial charge < -0.3 is 15.2 Å². The van der Waals surface area contributed by atoms with Crippen molar-refractivity contribution in [3.63, 3.8) is 0 Å². The molecule has 2 rings (SSSR count). The molecule has 1 unspecified atom stereocenters. The van der Waals surface area contributed by atoms with Gasteiger partial charge in [-0.1, -0.05) is 23.2 Å². The summed E-state index contributed by atoms with van der Waals surface area (Å²) < 4.78 is 5.44. The van der Waals surface area contributed by atoms with Crippen molar-refractivity contribution >= 4 is 34.8 Å². The zero-order valence-electron chi connectivity index (χ0n) is 10.3. The smallest absolute Gasteiger partial charge is 0.224 e. The monoisotopic (exact) mass is 303 g/mol. The second-order valence-corrected chi connectivity index (χ2v) is 5.35. The lowest BCUT2D eigenvalue weighted by molar-refractivity contribution is -0.116. The number of rotatable bonds is 4. The van der Waals surface area contributed by atoms with Gasteiger partial charge in [0.05, 0.1) is 16.8 Å². The molecule has 19 heavy (non-hydrogen) atoms. The van der Waals surface area contributed by atoms with Crippen LogP contribution in [0.1, 0.15) is 25.7 Å². The van der Waals surface area contributed by atoms with Crippen molar-refractivity contribution < 1.29 is 14.6 Å². The largest absolute Gasteiger partial charge is 0.504 e. The molecule has 1 aromatic carbocycles. The first-order valence-corrected chi connectivity index (χ1v) is 6.91. The van der Waals surface area contributed by atoms with E-state index in [2.05, 4.69) is 5.32 Å². The van der Waals surface area contributed by atoms with Crippen molar-refractivity contribution in [2.75, 3.05) is 11.9 Å². The van der Waals surface area contributed by atoms with Crippen LogP contribution < -0.4 is 5.32 Å². The van der Waals surface area contributed by atoms with Crippen LogP contribution in [0.4, 0.5) is 5.69 Å². The number of hydrogen-bond acceptors (Lipinski definition) is 3. The van der Waals surface area contributed by atoms with Gasteiger partial charge in [-0.3, -0.25) is 4.79 Å². The minimum Gasteiger partial charge on any atom is -0.504 e. The molecular formula is C13H15Cl2NO3. The Balaban J connectivity index is 1.91. The number of carbonyl (C=O) groups is 1. The highest BCUT2D eigenvalue weighted by atomic mass is 35.5. The van der Waals surface area contributed by atoms with E-state index in [0.29, 0.717) is 17.9 Å². The van der Waals surface area contributed by atoms with Crippen LogP contribution in [0.15, 0.2) is 12.1 Å². The van der Waals surface area contributed by atoms with Crippen LogP contribution in [0.2, 0.25) is 10.0 Å². The quantitative estimate of drug-likeness (QED) is 0.836. The molecular weight excluding hydrogens is 289 g/mol. The minimum atomic E-state index is -0.191. The predicted octanol–water partition coefficient (Wildman–Crippen LogP) is 3.60. The molecule has 1 fully saturated rings. The maximum Gasteiger partial charge on any atom is 0.224 e. The summed E-state index contributed by atoms with van der Waals surface area (Å²) in [5.74, 6) is -0.360. The molecule has 1 saturated heterocycles. The molecule has 1 heterocycles. The second kappa shape index (κ2) is 6.46. The second-order valence-electron chi connectivity index (χ2n) is 4.51. The van der Waals surface area contributed by atoms with Gasteiger partial charge in [0, 0.05) is 18.1 Å². The highest BCUT2D eigenvalue weighted by molar-refractivity contribution is 6.36. The number of benzene rings is 1. The minimum absolute atomic E-state index is 0.113. The normalized spacial score (nSPS) is 18.5. The summed E-state index contributed by atoms with van der Waals surface area (Å²) in [6.07, 6.45) is 3.25. The molecule has 1 amide bonds. The number of anilines is 1. The van der Waals surface area contributed by atoms with Crippen LogP contribution in [-0.2, 0) is 9.53 Å². The first kappa shape index (κ1) is 14.4. The van der Waals surface area contributed by atoms with E-state index in [1.165, 1.54) is 12.1 Å². The number of amides is 1. The standard InChI is InChI=1S/C13H15Cl2NO3/c14-8-6-10(15)13(18)11(7-8)16-12(17)4-3-9-2-1-5-19-9/h6-7,9,18H,1-5H2,(H,16,17). The molecule has 0 aliphatic carbocycles. The van der Waals surface area contributed by atoms with Gasteiger partial charge >= 0.3 is 0 Å². The fourth-order valence-corrected chi connectivity index (χ4v) is 2.53. The number of phenols is 1. The van der Waals surface area contributed by atoms with E-state index in [1.54, 1.807) is 0 Å². The predicted molar refractivity (Wildman–Crippen MR) is 75.0 cm³/mol. The lowest BCUT2D eigenvalue weighted by Gasteiger charge is -2.11. The number of phenolic OH excluding ortho intramolecular Hbond substituents is 1. The number of nitrogens with one attached hydrogen (secondary N) is 1. The average molecular weight is 304 g/mol. The van der Waals surface area contributed by atoms with Gasteiger partial charge in [0.15, 0.2) is 5.75 Å². The molecule has 2 N–H and O–H groups in total. The van der Waals surface area contributed by atoms with Crippen LogP contribution in [0.5, 0.6) is 5.75 Å². The Morgan fingerprint density at radius 2 is 2.26 bits per heavy atom. The van der Waals surface area contributed by atoms with Crippen molar-refractivity contribution in [1.29, 1.82) is 0 Å². The summed E-state index contributed by atoms with van der Waals surface area (Å²) in [5.41, 5.74) is 0.231. The molecule has 1 aliphatic heterocycles. The van der Waals surface area contributed by atoms with E-state index < -0.39 is 0 Å². The Morgan fingerprint density at radius 3 is 2.95 bits per heavy atom. The summed E-state index contributed by atoms with van der Waals surface area (Å²) in [6.45, 7) is 0.775. The summed E-state index contributed by atoms with van der Waals surface area (Å²) in [5, 5.41) is 12.8. The van der Waals surface area contributed by atoms with Gasteiger partial charge in [0.1, 0.15) is 0 Å².